The normalized spacial score (nSPS) is 10.8. The molecule has 0 unspecified atom stereocenters. The van der Waals surface area contributed by atoms with E-state index < -0.39 is 0 Å². The third-order valence-electron chi connectivity index (χ3n) is 3.18. The summed E-state index contributed by atoms with van der Waals surface area (Å²) < 4.78 is 6.99. The lowest BCUT2D eigenvalue weighted by Gasteiger charge is -2.12. The van der Waals surface area contributed by atoms with Crippen LogP contribution in [-0.4, -0.2) is 11.7 Å². The molecule has 0 amide bonds. The van der Waals surface area contributed by atoms with Crippen molar-refractivity contribution in [1.82, 2.24) is 4.57 Å². The minimum Gasteiger partial charge on any atom is -0.491 e. The van der Waals surface area contributed by atoms with Crippen LogP contribution in [0.4, 0.5) is 0 Å². The van der Waals surface area contributed by atoms with Crippen molar-refractivity contribution in [1.29, 1.82) is 0 Å². The van der Waals surface area contributed by atoms with E-state index in [2.05, 4.69) is 6.92 Å². The molecule has 0 bridgehead atoms. The van der Waals surface area contributed by atoms with Gasteiger partial charge in [0.15, 0.2) is 5.75 Å². The molecule has 0 aliphatic rings. The number of rotatable bonds is 5. The van der Waals surface area contributed by atoms with Crippen LogP contribution in [0, 0.1) is 0 Å². The molecule has 96 valence electrons. The number of benzene rings is 1. The first-order chi connectivity index (χ1) is 8.77. The van der Waals surface area contributed by atoms with Gasteiger partial charge in [0.05, 0.1) is 12.6 Å². The summed E-state index contributed by atoms with van der Waals surface area (Å²) in [6.45, 7) is 2.91. The maximum Gasteiger partial charge on any atom is 0.293 e. The van der Waals surface area contributed by atoms with Gasteiger partial charge < -0.3 is 9.30 Å². The summed E-state index contributed by atoms with van der Waals surface area (Å²) in [4.78, 5) is 12.2. The average molecular weight is 245 g/mol. The molecule has 0 atom stereocenters. The first-order valence-corrected chi connectivity index (χ1v) is 6.44. The molecular formula is C15H19NO2. The molecule has 0 saturated heterocycles. The Labute approximate surface area is 107 Å². The molecule has 18 heavy (non-hydrogen) atoms. The number of pyridine rings is 1. The number of para-hydroxylation sites is 1. The molecule has 1 aromatic carbocycles. The number of nitrogens with zero attached hydrogens (tertiary/aromatic N) is 1. The van der Waals surface area contributed by atoms with Gasteiger partial charge in [0.25, 0.3) is 5.56 Å². The first-order valence-electron chi connectivity index (χ1n) is 6.44. The summed E-state index contributed by atoms with van der Waals surface area (Å²) in [6, 6.07) is 9.75. The van der Waals surface area contributed by atoms with Crippen molar-refractivity contribution < 1.29 is 4.74 Å². The third kappa shape index (κ3) is 2.40. The molecule has 3 nitrogen and oxygen atoms in total. The lowest BCUT2D eigenvalue weighted by molar-refractivity contribution is 0.403. The van der Waals surface area contributed by atoms with E-state index in [1.54, 1.807) is 7.11 Å². The SMILES string of the molecule is CCCCCn1c(=O)c(OC)cc2ccccc21. The average Bonchev–Trinajstić information content (AvgIpc) is 2.41. The van der Waals surface area contributed by atoms with Gasteiger partial charge in [-0.2, -0.15) is 0 Å². The fourth-order valence-electron chi connectivity index (χ4n) is 2.19. The number of ether oxygens (including phenoxy) is 1. The van der Waals surface area contributed by atoms with Gasteiger partial charge in [0.2, 0.25) is 0 Å². The quantitative estimate of drug-likeness (QED) is 0.757. The van der Waals surface area contributed by atoms with Crippen LogP contribution in [0.1, 0.15) is 26.2 Å². The maximum absolute atomic E-state index is 12.2. The van der Waals surface area contributed by atoms with Crippen molar-refractivity contribution in [3.05, 3.63) is 40.7 Å². The van der Waals surface area contributed by atoms with Crippen LogP contribution in [0.5, 0.6) is 5.75 Å². The second-order valence-corrected chi connectivity index (χ2v) is 4.44. The minimum atomic E-state index is -0.0349. The number of hydrogen-bond donors (Lipinski definition) is 0. The van der Waals surface area contributed by atoms with Crippen LogP contribution in [0.2, 0.25) is 0 Å². The van der Waals surface area contributed by atoms with Crippen molar-refractivity contribution in [2.24, 2.45) is 0 Å². The van der Waals surface area contributed by atoms with E-state index in [1.165, 1.54) is 0 Å². The first kappa shape index (κ1) is 12.7. The maximum atomic E-state index is 12.2. The molecule has 0 aliphatic heterocycles. The van der Waals surface area contributed by atoms with Crippen molar-refractivity contribution in [2.45, 2.75) is 32.7 Å². The Kier molecular flexibility index (Phi) is 4.03. The highest BCUT2D eigenvalue weighted by molar-refractivity contribution is 5.80. The Morgan fingerprint density at radius 3 is 2.72 bits per heavy atom. The van der Waals surface area contributed by atoms with E-state index in [4.69, 9.17) is 4.74 Å². The van der Waals surface area contributed by atoms with Crippen molar-refractivity contribution >= 4 is 10.9 Å². The van der Waals surface area contributed by atoms with E-state index in [0.29, 0.717) is 5.75 Å². The van der Waals surface area contributed by atoms with Gasteiger partial charge in [0.1, 0.15) is 0 Å². The van der Waals surface area contributed by atoms with Crippen molar-refractivity contribution in [3.63, 3.8) is 0 Å². The summed E-state index contributed by atoms with van der Waals surface area (Å²) in [5, 5.41) is 1.05. The molecule has 1 aromatic heterocycles. The van der Waals surface area contributed by atoms with Crippen LogP contribution >= 0.6 is 0 Å². The highest BCUT2D eigenvalue weighted by Crippen LogP contribution is 2.17. The molecule has 2 rings (SSSR count). The second kappa shape index (κ2) is 5.71. The number of fused-ring (bicyclic) bond motifs is 1. The number of hydrogen-bond acceptors (Lipinski definition) is 2. The van der Waals surface area contributed by atoms with Crippen LogP contribution in [0.25, 0.3) is 10.9 Å². The molecule has 2 aromatic rings. The van der Waals surface area contributed by atoms with Crippen LogP contribution in [0.3, 0.4) is 0 Å². The van der Waals surface area contributed by atoms with Crippen LogP contribution in [0.15, 0.2) is 35.1 Å². The monoisotopic (exact) mass is 245 g/mol. The smallest absolute Gasteiger partial charge is 0.293 e. The standard InChI is InChI=1S/C15H19NO2/c1-3-4-7-10-16-13-9-6-5-8-12(13)11-14(18-2)15(16)17/h5-6,8-9,11H,3-4,7,10H2,1-2H3. The van der Waals surface area contributed by atoms with Gasteiger partial charge in [0, 0.05) is 11.9 Å². The van der Waals surface area contributed by atoms with Crippen molar-refractivity contribution in [2.75, 3.05) is 7.11 Å². The highest BCUT2D eigenvalue weighted by atomic mass is 16.5. The van der Waals surface area contributed by atoms with Gasteiger partial charge >= 0.3 is 0 Å². The fourth-order valence-corrected chi connectivity index (χ4v) is 2.19. The number of methoxy groups -OCH3 is 1. The van der Waals surface area contributed by atoms with Gasteiger partial charge in [-0.25, -0.2) is 0 Å². The predicted molar refractivity (Wildman–Crippen MR) is 74.3 cm³/mol. The Hall–Kier alpha value is -1.77. The van der Waals surface area contributed by atoms with Crippen molar-refractivity contribution in [3.8, 4) is 5.75 Å². The Balaban J connectivity index is 2.52. The highest BCUT2D eigenvalue weighted by Gasteiger charge is 2.08. The molecule has 0 N–H and O–H groups in total. The lowest BCUT2D eigenvalue weighted by atomic mass is 10.2. The number of aromatic nitrogens is 1. The summed E-state index contributed by atoms with van der Waals surface area (Å²) in [7, 11) is 1.54. The van der Waals surface area contributed by atoms with Crippen LogP contribution < -0.4 is 10.3 Å². The summed E-state index contributed by atoms with van der Waals surface area (Å²) >= 11 is 0. The molecule has 0 saturated carbocycles. The topological polar surface area (TPSA) is 31.2 Å². The zero-order chi connectivity index (χ0) is 13.0. The second-order valence-electron chi connectivity index (χ2n) is 4.44. The van der Waals surface area contributed by atoms with E-state index in [9.17, 15) is 4.79 Å². The fraction of sp³-hybridized carbons (Fsp3) is 0.400. The van der Waals surface area contributed by atoms with Crippen LogP contribution in [-0.2, 0) is 6.54 Å². The van der Waals surface area contributed by atoms with E-state index in [1.807, 2.05) is 34.9 Å². The third-order valence-corrected chi connectivity index (χ3v) is 3.18. The molecule has 0 spiro atoms. The molecule has 3 heteroatoms. The Morgan fingerprint density at radius 1 is 1.22 bits per heavy atom. The Bertz CT molecular complexity index is 587. The Morgan fingerprint density at radius 2 is 2.00 bits per heavy atom. The molecule has 0 fully saturated rings. The van der Waals surface area contributed by atoms with Gasteiger partial charge in [-0.3, -0.25) is 4.79 Å². The number of unbranched alkanes of at least 4 members (excludes halogenated alkanes) is 2. The van der Waals surface area contributed by atoms with E-state index >= 15 is 0 Å². The van der Waals surface area contributed by atoms with E-state index in [0.717, 1.165) is 36.7 Å². The molecule has 0 aliphatic carbocycles. The summed E-state index contributed by atoms with van der Waals surface area (Å²) in [5.41, 5.74) is 0.951. The largest absolute Gasteiger partial charge is 0.491 e. The van der Waals surface area contributed by atoms with Gasteiger partial charge in [-0.1, -0.05) is 38.0 Å². The zero-order valence-corrected chi connectivity index (χ0v) is 11.0. The van der Waals surface area contributed by atoms with Gasteiger partial charge in [-0.05, 0) is 18.6 Å². The zero-order valence-electron chi connectivity index (χ0n) is 11.0. The predicted octanol–water partition coefficient (Wildman–Crippen LogP) is 3.20. The number of aryl methyl sites for hydroxylation is 1. The molecule has 0 radical (unpaired) electrons. The minimum absolute atomic E-state index is 0.0349. The summed E-state index contributed by atoms with van der Waals surface area (Å²) in [6.07, 6.45) is 3.31. The lowest BCUT2D eigenvalue weighted by Crippen LogP contribution is -2.21. The van der Waals surface area contributed by atoms with E-state index in [-0.39, 0.29) is 5.56 Å². The summed E-state index contributed by atoms with van der Waals surface area (Å²) in [5.74, 6) is 0.421. The molecule has 1 heterocycles. The van der Waals surface area contributed by atoms with Gasteiger partial charge in [-0.15, -0.1) is 0 Å². The molecular weight excluding hydrogens is 226 g/mol.